The third-order valence-corrected chi connectivity index (χ3v) is 8.65. The van der Waals surface area contributed by atoms with Crippen molar-refractivity contribution in [3.63, 3.8) is 0 Å². The smallest absolute Gasteiger partial charge is 0.308 e. The first-order valence-electron chi connectivity index (χ1n) is 12.1. The third kappa shape index (κ3) is 7.04. The molecule has 0 saturated heterocycles. The number of aromatic nitrogens is 2. The number of amides is 4. The fourth-order valence-electron chi connectivity index (χ4n) is 3.72. The molecule has 0 atom stereocenters. The second kappa shape index (κ2) is 11.7. The van der Waals surface area contributed by atoms with E-state index in [2.05, 4.69) is 20.0 Å². The molecule has 12 nitrogen and oxygen atoms in total. The summed E-state index contributed by atoms with van der Waals surface area (Å²) in [6.07, 6.45) is 0. The fraction of sp³-hybridized carbons (Fsp3) is 0.111. The summed E-state index contributed by atoms with van der Waals surface area (Å²) >= 11 is 0. The zero-order chi connectivity index (χ0) is 29.8. The molecule has 0 fully saturated rings. The summed E-state index contributed by atoms with van der Waals surface area (Å²) in [5.74, 6) is -0.0776. The highest BCUT2D eigenvalue weighted by Gasteiger charge is 2.32. The number of imide groups is 1. The van der Waals surface area contributed by atoms with E-state index in [9.17, 15) is 26.4 Å². The number of urea groups is 2. The lowest BCUT2D eigenvalue weighted by Gasteiger charge is -2.22. The van der Waals surface area contributed by atoms with E-state index >= 15 is 0 Å². The Morgan fingerprint density at radius 2 is 1.29 bits per heavy atom. The molecule has 3 aromatic carbocycles. The summed E-state index contributed by atoms with van der Waals surface area (Å²) in [6, 6.07) is 18.0. The molecule has 0 aliphatic heterocycles. The quantitative estimate of drug-likeness (QED) is 0.284. The standard InChI is InChI=1S/C27H26N6O6S2/c1-18-9-13-24(14-10-18)41(38,39)33(22-7-5-4-6-8-22)27(35)31-26(34)30-21-11-15-23(16-12-21)40(36,37)32-25-28-19(2)17-20(3)29-25/h4-17H,1-3H3,(H,28,29,32)(H2,30,31,34,35). The SMILES string of the molecule is Cc1ccc(S(=O)(=O)N(C(=O)NC(=O)Nc2ccc(S(=O)(=O)Nc3nc(C)cc(C)n3)cc2)c2ccccc2)cc1. The van der Waals surface area contributed by atoms with E-state index in [1.807, 2.05) is 5.32 Å². The molecule has 0 saturated carbocycles. The minimum atomic E-state index is -4.38. The van der Waals surface area contributed by atoms with E-state index in [0.717, 1.165) is 5.56 Å². The van der Waals surface area contributed by atoms with E-state index in [0.29, 0.717) is 15.7 Å². The van der Waals surface area contributed by atoms with Gasteiger partial charge in [0.15, 0.2) is 0 Å². The maximum Gasteiger partial charge on any atom is 0.344 e. The molecule has 4 amide bonds. The van der Waals surface area contributed by atoms with Gasteiger partial charge in [-0.2, -0.15) is 4.31 Å². The van der Waals surface area contributed by atoms with Crippen LogP contribution < -0.4 is 19.7 Å². The highest BCUT2D eigenvalue weighted by molar-refractivity contribution is 7.93. The average molecular weight is 595 g/mol. The first-order valence-corrected chi connectivity index (χ1v) is 15.0. The van der Waals surface area contributed by atoms with Gasteiger partial charge in [-0.1, -0.05) is 35.9 Å². The molecule has 0 aliphatic rings. The number of hydrogen-bond acceptors (Lipinski definition) is 8. The van der Waals surface area contributed by atoms with Crippen molar-refractivity contribution in [3.05, 3.63) is 102 Å². The van der Waals surface area contributed by atoms with Crippen LogP contribution >= 0.6 is 0 Å². The van der Waals surface area contributed by atoms with Crippen LogP contribution in [0.25, 0.3) is 0 Å². The Balaban J connectivity index is 1.49. The molecule has 3 N–H and O–H groups in total. The number of para-hydroxylation sites is 1. The maximum absolute atomic E-state index is 13.4. The van der Waals surface area contributed by atoms with Crippen molar-refractivity contribution in [2.45, 2.75) is 30.6 Å². The molecule has 4 aromatic rings. The number of hydrogen-bond donors (Lipinski definition) is 3. The normalized spacial score (nSPS) is 11.4. The number of nitrogens with zero attached hydrogens (tertiary/aromatic N) is 3. The van der Waals surface area contributed by atoms with Crippen LogP contribution in [-0.4, -0.2) is 38.9 Å². The molecule has 1 heterocycles. The van der Waals surface area contributed by atoms with Crippen LogP contribution in [0.4, 0.5) is 26.9 Å². The minimum absolute atomic E-state index is 0.0215. The van der Waals surface area contributed by atoms with Crippen molar-refractivity contribution < 1.29 is 26.4 Å². The van der Waals surface area contributed by atoms with E-state index in [1.165, 1.54) is 48.5 Å². The van der Waals surface area contributed by atoms with Crippen LogP contribution in [0.5, 0.6) is 0 Å². The van der Waals surface area contributed by atoms with Gasteiger partial charge in [0.25, 0.3) is 20.0 Å². The van der Waals surface area contributed by atoms with Crippen LogP contribution in [0, 0.1) is 20.8 Å². The van der Waals surface area contributed by atoms with E-state index in [4.69, 9.17) is 0 Å². The summed E-state index contributed by atoms with van der Waals surface area (Å²) in [5.41, 5.74) is 2.17. The number of aryl methyl sites for hydroxylation is 3. The van der Waals surface area contributed by atoms with Crippen molar-refractivity contribution in [2.24, 2.45) is 0 Å². The lowest BCUT2D eigenvalue weighted by atomic mass is 10.2. The predicted octanol–water partition coefficient (Wildman–Crippen LogP) is 4.34. The molecule has 1 aromatic heterocycles. The largest absolute Gasteiger partial charge is 0.344 e. The third-order valence-electron chi connectivity index (χ3n) is 5.59. The summed E-state index contributed by atoms with van der Waals surface area (Å²) in [5, 5.41) is 4.40. The van der Waals surface area contributed by atoms with Gasteiger partial charge >= 0.3 is 12.1 Å². The predicted molar refractivity (Wildman–Crippen MR) is 154 cm³/mol. The molecule has 0 radical (unpaired) electrons. The molecule has 0 spiro atoms. The van der Waals surface area contributed by atoms with Crippen molar-refractivity contribution in [1.29, 1.82) is 0 Å². The number of anilines is 3. The Morgan fingerprint density at radius 3 is 1.88 bits per heavy atom. The van der Waals surface area contributed by atoms with Gasteiger partial charge in [-0.15, -0.1) is 0 Å². The Bertz CT molecular complexity index is 1780. The van der Waals surface area contributed by atoms with Gasteiger partial charge in [0.2, 0.25) is 5.95 Å². The lowest BCUT2D eigenvalue weighted by Crippen LogP contribution is -2.47. The minimum Gasteiger partial charge on any atom is -0.308 e. The van der Waals surface area contributed by atoms with E-state index < -0.39 is 32.1 Å². The van der Waals surface area contributed by atoms with Crippen molar-refractivity contribution in [3.8, 4) is 0 Å². The van der Waals surface area contributed by atoms with Gasteiger partial charge in [0.1, 0.15) is 0 Å². The van der Waals surface area contributed by atoms with E-state index in [-0.39, 0.29) is 27.1 Å². The molecule has 41 heavy (non-hydrogen) atoms. The second-order valence-corrected chi connectivity index (χ2v) is 12.4. The van der Waals surface area contributed by atoms with Crippen LogP contribution in [0.1, 0.15) is 17.0 Å². The lowest BCUT2D eigenvalue weighted by molar-refractivity contribution is 0.238. The number of carbonyl (C=O) groups excluding carboxylic acids is 2. The zero-order valence-electron chi connectivity index (χ0n) is 22.2. The van der Waals surface area contributed by atoms with Crippen LogP contribution in [-0.2, 0) is 20.0 Å². The first kappa shape index (κ1) is 29.2. The van der Waals surface area contributed by atoms with Gasteiger partial charge in [0, 0.05) is 17.1 Å². The summed E-state index contributed by atoms with van der Waals surface area (Å²) in [7, 11) is -8.41. The zero-order valence-corrected chi connectivity index (χ0v) is 23.8. The van der Waals surface area contributed by atoms with Crippen LogP contribution in [0.2, 0.25) is 0 Å². The Hall–Kier alpha value is -4.82. The summed E-state index contributed by atoms with van der Waals surface area (Å²) < 4.78 is 55.1. The van der Waals surface area contributed by atoms with Crippen molar-refractivity contribution in [2.75, 3.05) is 14.3 Å². The summed E-state index contributed by atoms with van der Waals surface area (Å²) in [6.45, 7) is 5.21. The van der Waals surface area contributed by atoms with Gasteiger partial charge < -0.3 is 5.32 Å². The second-order valence-electron chi connectivity index (χ2n) is 8.91. The topological polar surface area (TPSA) is 168 Å². The van der Waals surface area contributed by atoms with Crippen molar-refractivity contribution in [1.82, 2.24) is 15.3 Å². The molecule has 0 bridgehead atoms. The van der Waals surface area contributed by atoms with Gasteiger partial charge in [0.05, 0.1) is 15.5 Å². The first-order chi connectivity index (χ1) is 19.3. The number of sulfonamides is 2. The van der Waals surface area contributed by atoms with Crippen molar-refractivity contribution >= 4 is 49.4 Å². The van der Waals surface area contributed by atoms with Gasteiger partial charge in [-0.05, 0) is 75.4 Å². The van der Waals surface area contributed by atoms with Crippen LogP contribution in [0.15, 0.2) is 94.7 Å². The molecule has 0 unspecified atom stereocenters. The Labute approximate surface area is 237 Å². The van der Waals surface area contributed by atoms with Gasteiger partial charge in [-0.3, -0.25) is 5.32 Å². The molecule has 14 heteroatoms. The number of carbonyl (C=O) groups is 2. The number of rotatable bonds is 7. The Morgan fingerprint density at radius 1 is 0.732 bits per heavy atom. The van der Waals surface area contributed by atoms with E-state index in [1.54, 1.807) is 57.2 Å². The summed E-state index contributed by atoms with van der Waals surface area (Å²) in [4.78, 5) is 33.6. The van der Waals surface area contributed by atoms with Crippen LogP contribution in [0.3, 0.4) is 0 Å². The molecular weight excluding hydrogens is 568 g/mol. The van der Waals surface area contributed by atoms with Gasteiger partial charge in [-0.25, -0.2) is 41.1 Å². The molecule has 0 aliphatic carbocycles. The Kier molecular flexibility index (Phi) is 8.35. The molecular formula is C27H26N6O6S2. The fourth-order valence-corrected chi connectivity index (χ4v) is 6.02. The highest BCUT2D eigenvalue weighted by Crippen LogP contribution is 2.24. The highest BCUT2D eigenvalue weighted by atomic mass is 32.2. The molecule has 4 rings (SSSR count). The number of nitrogens with one attached hydrogen (secondary N) is 3. The average Bonchev–Trinajstić information content (AvgIpc) is 2.89. The maximum atomic E-state index is 13.4. The monoisotopic (exact) mass is 594 g/mol. The molecule has 212 valence electrons. The number of benzene rings is 3.